The molecule has 8 heteroatoms. The average Bonchev–Trinajstić information content (AvgIpc) is 3.42. The second kappa shape index (κ2) is 9.60. The number of aromatic nitrogens is 4. The van der Waals surface area contributed by atoms with Gasteiger partial charge in [0.05, 0.1) is 6.54 Å². The molecule has 0 bridgehead atoms. The van der Waals surface area contributed by atoms with E-state index in [9.17, 15) is 9.59 Å². The maximum absolute atomic E-state index is 13.5. The average molecular weight is 485 g/mol. The molecule has 3 N–H and O–H groups in total. The number of nitrogens with one attached hydrogen (secondary N) is 3. The minimum Gasteiger partial charge on any atom is -0.361 e. The zero-order valence-corrected chi connectivity index (χ0v) is 21.2. The van der Waals surface area contributed by atoms with Crippen LogP contribution in [-0.2, 0) is 17.9 Å². The van der Waals surface area contributed by atoms with E-state index in [0.29, 0.717) is 19.5 Å². The molecule has 0 saturated carbocycles. The van der Waals surface area contributed by atoms with E-state index >= 15 is 0 Å². The number of pyridine rings is 1. The van der Waals surface area contributed by atoms with Gasteiger partial charge in [-0.2, -0.15) is 0 Å². The highest BCUT2D eigenvalue weighted by Gasteiger charge is 2.36. The summed E-state index contributed by atoms with van der Waals surface area (Å²) >= 11 is 0. The van der Waals surface area contributed by atoms with Crippen molar-refractivity contribution in [2.45, 2.75) is 65.6 Å². The highest BCUT2D eigenvalue weighted by Crippen LogP contribution is 2.36. The van der Waals surface area contributed by atoms with Crippen LogP contribution in [0.1, 0.15) is 65.5 Å². The van der Waals surface area contributed by atoms with Crippen LogP contribution < -0.4 is 16.2 Å². The van der Waals surface area contributed by atoms with Crippen molar-refractivity contribution in [3.8, 4) is 0 Å². The number of nitrogens with zero attached hydrogens (tertiary/aromatic N) is 3. The lowest BCUT2D eigenvalue weighted by atomic mass is 9.99. The fourth-order valence-corrected chi connectivity index (χ4v) is 5.26. The molecule has 0 aliphatic carbocycles. The Labute approximate surface area is 210 Å². The number of amides is 1. The molecule has 3 aromatic heterocycles. The van der Waals surface area contributed by atoms with Crippen molar-refractivity contribution in [1.29, 1.82) is 0 Å². The smallest absolute Gasteiger partial charge is 0.294 e. The first kappa shape index (κ1) is 23.8. The van der Waals surface area contributed by atoms with Crippen molar-refractivity contribution in [2.75, 3.05) is 5.32 Å². The number of benzene rings is 1. The third kappa shape index (κ3) is 4.63. The third-order valence-corrected chi connectivity index (χ3v) is 6.95. The van der Waals surface area contributed by atoms with Gasteiger partial charge >= 0.3 is 0 Å². The number of hydrogen-bond acceptors (Lipinski definition) is 5. The summed E-state index contributed by atoms with van der Waals surface area (Å²) in [5.41, 5.74) is 6.84. The lowest BCUT2D eigenvalue weighted by Gasteiger charge is -2.16. The van der Waals surface area contributed by atoms with Crippen molar-refractivity contribution < 1.29 is 4.79 Å². The minimum absolute atomic E-state index is 0.122. The fourth-order valence-electron chi connectivity index (χ4n) is 5.26. The standard InChI is InChI=1S/C28H32N6O2/c1-5-20-11-24(27(35)32-14-22-10-21-13-29-18(4)9-23(21)33-22)34-25(20)15-31-26(28(34)36)30-12-19-7-16(2)6-17(3)8-19/h6-10,13,15,20,24,33H,5,11-12,14H2,1-4H3,(H,30,31)(H,32,35)/t20-,24-/m0/s1. The van der Waals surface area contributed by atoms with E-state index in [-0.39, 0.29) is 23.2 Å². The number of carbonyl (C=O) groups excluding carboxylic acids is 1. The molecule has 4 heterocycles. The number of aryl methyl sites for hydroxylation is 3. The van der Waals surface area contributed by atoms with Crippen LogP contribution in [-0.4, -0.2) is 25.4 Å². The van der Waals surface area contributed by atoms with Gasteiger partial charge in [-0.1, -0.05) is 36.2 Å². The molecular weight excluding hydrogens is 452 g/mol. The molecule has 0 radical (unpaired) electrons. The molecule has 0 fully saturated rings. The van der Waals surface area contributed by atoms with Gasteiger partial charge in [0.25, 0.3) is 5.56 Å². The first-order chi connectivity index (χ1) is 17.3. The van der Waals surface area contributed by atoms with Gasteiger partial charge in [-0.3, -0.25) is 19.1 Å². The van der Waals surface area contributed by atoms with Crippen LogP contribution >= 0.6 is 0 Å². The van der Waals surface area contributed by atoms with Gasteiger partial charge in [0.15, 0.2) is 5.82 Å². The molecule has 1 amide bonds. The van der Waals surface area contributed by atoms with E-state index in [1.165, 1.54) is 11.1 Å². The quantitative estimate of drug-likeness (QED) is 0.360. The summed E-state index contributed by atoms with van der Waals surface area (Å²) in [7, 11) is 0. The van der Waals surface area contributed by atoms with Crippen LogP contribution in [0.2, 0.25) is 0 Å². The van der Waals surface area contributed by atoms with Gasteiger partial charge in [0.2, 0.25) is 5.91 Å². The number of hydrogen-bond donors (Lipinski definition) is 3. The Hall–Kier alpha value is -3.94. The van der Waals surface area contributed by atoms with Crippen LogP contribution in [0.25, 0.3) is 10.9 Å². The lowest BCUT2D eigenvalue weighted by molar-refractivity contribution is -0.124. The molecule has 0 saturated heterocycles. The van der Waals surface area contributed by atoms with Gasteiger partial charge in [-0.25, -0.2) is 4.98 Å². The monoisotopic (exact) mass is 484 g/mol. The van der Waals surface area contributed by atoms with Crippen LogP contribution in [0.15, 0.2) is 47.5 Å². The van der Waals surface area contributed by atoms with E-state index in [1.807, 2.05) is 25.3 Å². The van der Waals surface area contributed by atoms with Gasteiger partial charge < -0.3 is 15.6 Å². The van der Waals surface area contributed by atoms with E-state index in [2.05, 4.69) is 64.6 Å². The summed E-state index contributed by atoms with van der Waals surface area (Å²) in [6.07, 6.45) is 5.01. The van der Waals surface area contributed by atoms with E-state index in [0.717, 1.165) is 40.0 Å². The van der Waals surface area contributed by atoms with Gasteiger partial charge in [0.1, 0.15) is 6.04 Å². The second-order valence-electron chi connectivity index (χ2n) is 9.84. The third-order valence-electron chi connectivity index (χ3n) is 6.95. The molecule has 1 aromatic carbocycles. The van der Waals surface area contributed by atoms with Crippen molar-refractivity contribution in [1.82, 2.24) is 24.8 Å². The summed E-state index contributed by atoms with van der Waals surface area (Å²) in [4.78, 5) is 38.9. The molecule has 8 nitrogen and oxygen atoms in total. The molecule has 1 aliphatic heterocycles. The highest BCUT2D eigenvalue weighted by molar-refractivity contribution is 5.82. The minimum atomic E-state index is -0.560. The Kier molecular flexibility index (Phi) is 6.35. The van der Waals surface area contributed by atoms with Gasteiger partial charge in [0, 0.05) is 52.8 Å². The predicted octanol–water partition coefficient (Wildman–Crippen LogP) is 4.41. The number of carbonyl (C=O) groups is 1. The summed E-state index contributed by atoms with van der Waals surface area (Å²) in [6, 6.07) is 9.72. The Morgan fingerprint density at radius 1 is 1.06 bits per heavy atom. The maximum atomic E-state index is 13.5. The number of anilines is 1. The lowest BCUT2D eigenvalue weighted by Crippen LogP contribution is -2.36. The highest BCUT2D eigenvalue weighted by atomic mass is 16.2. The maximum Gasteiger partial charge on any atom is 0.294 e. The molecule has 186 valence electrons. The van der Waals surface area contributed by atoms with Crippen LogP contribution in [0, 0.1) is 20.8 Å². The molecule has 0 spiro atoms. The second-order valence-corrected chi connectivity index (χ2v) is 9.84. The van der Waals surface area contributed by atoms with Crippen molar-refractivity contribution in [3.05, 3.63) is 86.9 Å². The zero-order valence-electron chi connectivity index (χ0n) is 21.2. The Bertz CT molecular complexity index is 1480. The van der Waals surface area contributed by atoms with E-state index in [1.54, 1.807) is 10.8 Å². The van der Waals surface area contributed by atoms with E-state index < -0.39 is 6.04 Å². The Balaban J connectivity index is 1.35. The Morgan fingerprint density at radius 2 is 1.83 bits per heavy atom. The number of rotatable bonds is 7. The van der Waals surface area contributed by atoms with Crippen LogP contribution in [0.5, 0.6) is 0 Å². The topological polar surface area (TPSA) is 105 Å². The van der Waals surface area contributed by atoms with Crippen LogP contribution in [0.3, 0.4) is 0 Å². The molecule has 0 unspecified atom stereocenters. The summed E-state index contributed by atoms with van der Waals surface area (Å²) < 4.78 is 1.64. The van der Waals surface area contributed by atoms with Crippen molar-refractivity contribution in [2.24, 2.45) is 0 Å². The molecule has 4 aromatic rings. The normalized spacial score (nSPS) is 16.8. The summed E-state index contributed by atoms with van der Waals surface area (Å²) in [5.74, 6) is 0.233. The largest absolute Gasteiger partial charge is 0.361 e. The van der Waals surface area contributed by atoms with Gasteiger partial charge in [-0.05, 0) is 51.3 Å². The molecule has 2 atom stereocenters. The first-order valence-corrected chi connectivity index (χ1v) is 12.5. The Morgan fingerprint density at radius 3 is 2.58 bits per heavy atom. The molecular formula is C28H32N6O2. The summed E-state index contributed by atoms with van der Waals surface area (Å²) in [5, 5.41) is 7.23. The SMILES string of the molecule is CC[C@H]1C[C@@H](C(=O)NCc2cc3cnc(C)cc3[nH]2)n2c1cnc(NCc1cc(C)cc(C)c1)c2=O. The van der Waals surface area contributed by atoms with Crippen molar-refractivity contribution in [3.63, 3.8) is 0 Å². The van der Waals surface area contributed by atoms with Crippen molar-refractivity contribution >= 4 is 22.6 Å². The first-order valence-electron chi connectivity index (χ1n) is 12.5. The van der Waals surface area contributed by atoms with E-state index in [4.69, 9.17) is 0 Å². The number of H-pyrrole nitrogens is 1. The zero-order chi connectivity index (χ0) is 25.4. The fraction of sp³-hybridized carbons (Fsp3) is 0.357. The predicted molar refractivity (Wildman–Crippen MR) is 141 cm³/mol. The summed E-state index contributed by atoms with van der Waals surface area (Å²) in [6.45, 7) is 8.98. The molecule has 1 aliphatic rings. The molecule has 36 heavy (non-hydrogen) atoms. The number of fused-ring (bicyclic) bond motifs is 2. The van der Waals surface area contributed by atoms with Gasteiger partial charge in [-0.15, -0.1) is 0 Å². The van der Waals surface area contributed by atoms with Crippen LogP contribution in [0.4, 0.5) is 5.82 Å². The molecule has 5 rings (SSSR count). The number of aromatic amines is 1.